The second kappa shape index (κ2) is 7.14. The Hall–Kier alpha value is -1.51. The summed E-state index contributed by atoms with van der Waals surface area (Å²) in [5.74, 6) is -0.0621. The monoisotopic (exact) mass is 427 g/mol. The Kier molecular flexibility index (Phi) is 5.35. The van der Waals surface area contributed by atoms with E-state index in [1.165, 1.54) is 17.1 Å². The van der Waals surface area contributed by atoms with Crippen molar-refractivity contribution in [2.45, 2.75) is 24.5 Å². The molecule has 5 atom stereocenters. The van der Waals surface area contributed by atoms with E-state index >= 15 is 0 Å². The van der Waals surface area contributed by atoms with E-state index in [0.29, 0.717) is 5.52 Å². The zero-order valence-corrected chi connectivity index (χ0v) is 15.0. The maximum Gasteiger partial charge on any atom is 0.481 e. The van der Waals surface area contributed by atoms with Gasteiger partial charge in [0.1, 0.15) is 23.8 Å². The van der Waals surface area contributed by atoms with Gasteiger partial charge in [0, 0.05) is 0 Å². The second-order valence-corrected chi connectivity index (χ2v) is 8.30. The number of fused-ring (bicyclic) bond motifs is 1. The van der Waals surface area contributed by atoms with Crippen molar-refractivity contribution in [2.24, 2.45) is 0 Å². The normalized spacial score (nSPS) is 28.5. The van der Waals surface area contributed by atoms with Gasteiger partial charge >= 0.3 is 15.6 Å². The lowest BCUT2D eigenvalue weighted by atomic mass is 10.1. The molecule has 0 spiro atoms. The van der Waals surface area contributed by atoms with Crippen LogP contribution in [-0.2, 0) is 22.7 Å². The summed E-state index contributed by atoms with van der Waals surface area (Å²) in [6, 6.07) is 0. The van der Waals surface area contributed by atoms with E-state index in [0.717, 1.165) is 0 Å². The molecule has 0 aromatic carbocycles. The van der Waals surface area contributed by atoms with Crippen molar-refractivity contribution in [1.29, 1.82) is 0 Å². The summed E-state index contributed by atoms with van der Waals surface area (Å²) >= 11 is 0. The summed E-state index contributed by atoms with van der Waals surface area (Å²) in [5.41, 5.74) is 6.06. The van der Waals surface area contributed by atoms with Crippen LogP contribution in [0.1, 0.15) is 6.23 Å². The van der Waals surface area contributed by atoms with Gasteiger partial charge in [-0.25, -0.2) is 19.1 Å². The Balaban J connectivity index is 1.75. The number of nitrogen functional groups attached to an aromatic ring is 1. The van der Waals surface area contributed by atoms with E-state index in [4.69, 9.17) is 20.3 Å². The molecule has 0 bridgehead atoms. The molecule has 3 rings (SSSR count). The first-order valence-corrected chi connectivity index (χ1v) is 10.2. The minimum absolute atomic E-state index is 0.0621. The smallest absolute Gasteiger partial charge is 0.387 e. The number of anilines is 1. The predicted octanol–water partition coefficient (Wildman–Crippen LogP) is -1.75. The van der Waals surface area contributed by atoms with Crippen molar-refractivity contribution in [2.75, 3.05) is 12.3 Å². The summed E-state index contributed by atoms with van der Waals surface area (Å²) in [6.45, 7) is -0.813. The van der Waals surface area contributed by atoms with Crippen LogP contribution in [0.2, 0.25) is 0 Å². The van der Waals surface area contributed by atoms with E-state index in [-0.39, 0.29) is 11.6 Å². The molecule has 0 radical (unpaired) electrons. The van der Waals surface area contributed by atoms with Crippen LogP contribution in [0.5, 0.6) is 0 Å². The van der Waals surface area contributed by atoms with Gasteiger partial charge in [0.2, 0.25) is 5.95 Å². The lowest BCUT2D eigenvalue weighted by Crippen LogP contribution is -2.33. The van der Waals surface area contributed by atoms with Crippen LogP contribution in [0.4, 0.5) is 5.95 Å². The molecule has 150 valence electrons. The van der Waals surface area contributed by atoms with E-state index in [1.54, 1.807) is 0 Å². The number of hydrogen-bond acceptors (Lipinski definition) is 11. The van der Waals surface area contributed by atoms with Gasteiger partial charge in [0.25, 0.3) is 0 Å². The van der Waals surface area contributed by atoms with Crippen LogP contribution < -0.4 is 5.73 Å². The molecule has 1 aliphatic heterocycles. The Morgan fingerprint density at radius 1 is 1.22 bits per heavy atom. The zero-order valence-electron chi connectivity index (χ0n) is 13.2. The summed E-state index contributed by atoms with van der Waals surface area (Å²) in [5, 5.41) is 20.3. The number of ether oxygens (including phenoxy) is 1. The maximum absolute atomic E-state index is 11.5. The summed E-state index contributed by atoms with van der Waals surface area (Å²) in [6.07, 6.45) is -3.00. The van der Waals surface area contributed by atoms with Crippen molar-refractivity contribution in [3.63, 3.8) is 0 Å². The van der Waals surface area contributed by atoms with Gasteiger partial charge in [-0.05, 0) is 0 Å². The van der Waals surface area contributed by atoms with Gasteiger partial charge in [-0.2, -0.15) is 9.29 Å². The average Bonchev–Trinajstić information content (AvgIpc) is 3.05. The quantitative estimate of drug-likeness (QED) is 0.281. The van der Waals surface area contributed by atoms with Gasteiger partial charge < -0.3 is 35.4 Å². The van der Waals surface area contributed by atoms with Gasteiger partial charge in [0.05, 0.1) is 19.1 Å². The van der Waals surface area contributed by atoms with Crippen molar-refractivity contribution in [3.05, 3.63) is 12.5 Å². The van der Waals surface area contributed by atoms with Crippen molar-refractivity contribution in [3.8, 4) is 0 Å². The highest BCUT2D eigenvalue weighted by Crippen LogP contribution is 2.57. The first-order chi connectivity index (χ1) is 12.5. The third-order valence-corrected chi connectivity index (χ3v) is 5.71. The molecular formula is C10H15N5O10P2. The standard InChI is InChI=1S/C10H15N5O10P2/c11-10-12-1-4-8(14-10)15(3-13-4)9-7(17)6(16)5(24-9)2-23-27(21,22)25-26(18,19)20/h1,3,5-7,9,16-17H,2H2,(H,21,22)(H2,11,12,14)(H2,18,19,20). The van der Waals surface area contributed by atoms with Gasteiger partial charge in [-0.3, -0.25) is 9.09 Å². The van der Waals surface area contributed by atoms with E-state index in [1.807, 2.05) is 0 Å². The number of imidazole rings is 1. The molecule has 0 aliphatic carbocycles. The van der Waals surface area contributed by atoms with Gasteiger partial charge in [-0.1, -0.05) is 0 Å². The molecule has 5 unspecified atom stereocenters. The van der Waals surface area contributed by atoms with Gasteiger partial charge in [0.15, 0.2) is 11.9 Å². The van der Waals surface area contributed by atoms with Crippen molar-refractivity contribution < 1.29 is 47.6 Å². The molecule has 17 heteroatoms. The number of aliphatic hydroxyl groups excluding tert-OH is 2. The third-order valence-electron chi connectivity index (χ3n) is 3.56. The molecule has 7 N–H and O–H groups in total. The Labute approximate surface area is 150 Å². The number of phosphoric ester groups is 1. The van der Waals surface area contributed by atoms with E-state index < -0.39 is 46.8 Å². The highest BCUT2D eigenvalue weighted by Gasteiger charge is 2.45. The molecular weight excluding hydrogens is 412 g/mol. The molecule has 2 aromatic rings. The number of nitrogens with two attached hydrogens (primary N) is 1. The van der Waals surface area contributed by atoms with Crippen LogP contribution in [-0.4, -0.2) is 69.3 Å². The summed E-state index contributed by atoms with van der Waals surface area (Å²) in [7, 11) is -10.4. The fourth-order valence-electron chi connectivity index (χ4n) is 2.45. The van der Waals surface area contributed by atoms with E-state index in [9.17, 15) is 24.2 Å². The predicted molar refractivity (Wildman–Crippen MR) is 84.6 cm³/mol. The molecule has 2 aromatic heterocycles. The molecule has 1 fully saturated rings. The van der Waals surface area contributed by atoms with Crippen LogP contribution in [0, 0.1) is 0 Å². The SMILES string of the molecule is Nc1ncc2ncn(C3OC(COP(=O)(O)OP(=O)(O)O)C(O)C3O)c2n1. The number of aliphatic hydroxyl groups is 2. The average molecular weight is 427 g/mol. The largest absolute Gasteiger partial charge is 0.481 e. The Bertz CT molecular complexity index is 932. The summed E-state index contributed by atoms with van der Waals surface area (Å²) < 4.78 is 36.8. The third kappa shape index (κ3) is 4.50. The lowest BCUT2D eigenvalue weighted by molar-refractivity contribution is -0.0503. The topological polar surface area (TPSA) is 233 Å². The number of aromatic nitrogens is 4. The van der Waals surface area contributed by atoms with Crippen LogP contribution in [0.15, 0.2) is 12.5 Å². The van der Waals surface area contributed by atoms with Crippen LogP contribution >= 0.6 is 15.6 Å². The van der Waals surface area contributed by atoms with Crippen molar-refractivity contribution in [1.82, 2.24) is 19.5 Å². The first-order valence-electron chi connectivity index (χ1n) is 7.18. The molecule has 1 aliphatic rings. The molecule has 0 amide bonds. The van der Waals surface area contributed by atoms with Gasteiger partial charge in [-0.15, -0.1) is 0 Å². The maximum atomic E-state index is 11.5. The molecule has 27 heavy (non-hydrogen) atoms. The lowest BCUT2D eigenvalue weighted by Gasteiger charge is -2.17. The second-order valence-electron chi connectivity index (χ2n) is 5.47. The van der Waals surface area contributed by atoms with Crippen LogP contribution in [0.3, 0.4) is 0 Å². The highest BCUT2D eigenvalue weighted by molar-refractivity contribution is 7.60. The zero-order chi connectivity index (χ0) is 20.0. The number of rotatable bonds is 6. The molecule has 0 saturated carbocycles. The van der Waals surface area contributed by atoms with Crippen molar-refractivity contribution >= 4 is 32.8 Å². The minimum Gasteiger partial charge on any atom is -0.387 e. The fourth-order valence-corrected chi connectivity index (χ4v) is 4.05. The molecule has 3 heterocycles. The van der Waals surface area contributed by atoms with Crippen LogP contribution in [0.25, 0.3) is 11.2 Å². The molecule has 15 nitrogen and oxygen atoms in total. The fraction of sp³-hybridized carbons (Fsp3) is 0.500. The van der Waals surface area contributed by atoms with E-state index in [2.05, 4.69) is 23.8 Å². The molecule has 1 saturated heterocycles. The Morgan fingerprint density at radius 3 is 2.59 bits per heavy atom. The number of hydrogen-bond donors (Lipinski definition) is 6. The number of nitrogens with zero attached hydrogens (tertiary/aromatic N) is 4. The minimum atomic E-state index is -5.29. The summed E-state index contributed by atoms with van der Waals surface area (Å²) in [4.78, 5) is 38.1. The first kappa shape index (κ1) is 20.2. The highest BCUT2D eigenvalue weighted by atomic mass is 31.3. The number of phosphoric acid groups is 2. The Morgan fingerprint density at radius 2 is 1.93 bits per heavy atom.